The summed E-state index contributed by atoms with van der Waals surface area (Å²) in [6.45, 7) is 4.07. The lowest BCUT2D eigenvalue weighted by Gasteiger charge is -2.10. The van der Waals surface area contributed by atoms with Crippen LogP contribution in [-0.2, 0) is 12.3 Å². The normalized spacial score (nSPS) is 10.8. The molecular formula is C19H17Cl2N3O2S. The van der Waals surface area contributed by atoms with Gasteiger partial charge in [0.25, 0.3) is 5.91 Å². The lowest BCUT2D eigenvalue weighted by atomic mass is 10.2. The zero-order valence-corrected chi connectivity index (χ0v) is 17.1. The summed E-state index contributed by atoms with van der Waals surface area (Å²) in [5.41, 5.74) is 3.17. The molecule has 140 valence electrons. The van der Waals surface area contributed by atoms with Gasteiger partial charge in [0.1, 0.15) is 10.8 Å². The maximum absolute atomic E-state index is 12.6. The Bertz CT molecular complexity index is 956. The predicted molar refractivity (Wildman–Crippen MR) is 107 cm³/mol. The molecule has 0 unspecified atom stereocenters. The number of amides is 1. The molecule has 0 aliphatic rings. The minimum absolute atomic E-state index is 0.213. The van der Waals surface area contributed by atoms with Crippen LogP contribution in [0.4, 0.5) is 0 Å². The van der Waals surface area contributed by atoms with Crippen molar-refractivity contribution in [2.75, 3.05) is 0 Å². The highest BCUT2D eigenvalue weighted by molar-refractivity contribution is 7.98. The van der Waals surface area contributed by atoms with Crippen LogP contribution in [0.1, 0.15) is 32.9 Å². The molecule has 2 aromatic heterocycles. The first-order valence-corrected chi connectivity index (χ1v) is 9.91. The Balaban J connectivity index is 1.70. The number of aryl methyl sites for hydroxylation is 2. The van der Waals surface area contributed by atoms with Crippen LogP contribution in [0.15, 0.2) is 46.1 Å². The van der Waals surface area contributed by atoms with Crippen molar-refractivity contribution in [1.29, 1.82) is 0 Å². The Labute approximate surface area is 171 Å². The van der Waals surface area contributed by atoms with Crippen molar-refractivity contribution in [2.45, 2.75) is 31.2 Å². The van der Waals surface area contributed by atoms with Crippen LogP contribution < -0.4 is 5.32 Å². The van der Waals surface area contributed by atoms with E-state index >= 15 is 0 Å². The first-order chi connectivity index (χ1) is 13.0. The van der Waals surface area contributed by atoms with Gasteiger partial charge >= 0.3 is 0 Å². The molecule has 0 saturated carbocycles. The van der Waals surface area contributed by atoms with Crippen molar-refractivity contribution < 1.29 is 9.32 Å². The van der Waals surface area contributed by atoms with Crippen LogP contribution in [0.25, 0.3) is 0 Å². The molecule has 0 fully saturated rings. The first kappa shape index (κ1) is 19.7. The molecule has 0 aliphatic carbocycles. The maximum atomic E-state index is 12.6. The molecular weight excluding hydrogens is 405 g/mol. The van der Waals surface area contributed by atoms with E-state index in [0.717, 1.165) is 22.6 Å². The highest BCUT2D eigenvalue weighted by Gasteiger charge is 2.15. The smallest absolute Gasteiger partial charge is 0.254 e. The quantitative estimate of drug-likeness (QED) is 0.552. The number of thioether (sulfide) groups is 1. The molecule has 0 spiro atoms. The maximum Gasteiger partial charge on any atom is 0.254 e. The molecule has 2 heterocycles. The monoisotopic (exact) mass is 421 g/mol. The summed E-state index contributed by atoms with van der Waals surface area (Å²) >= 11 is 13.5. The van der Waals surface area contributed by atoms with E-state index in [2.05, 4.69) is 15.5 Å². The number of hydrogen-bond donors (Lipinski definition) is 1. The molecule has 3 rings (SSSR count). The van der Waals surface area contributed by atoms with Gasteiger partial charge < -0.3 is 9.84 Å². The second-order valence-electron chi connectivity index (χ2n) is 5.87. The van der Waals surface area contributed by atoms with Gasteiger partial charge in [-0.25, -0.2) is 4.98 Å². The topological polar surface area (TPSA) is 68.0 Å². The van der Waals surface area contributed by atoms with Gasteiger partial charge in [0.05, 0.1) is 11.3 Å². The Morgan fingerprint density at radius 3 is 2.78 bits per heavy atom. The molecule has 1 aromatic carbocycles. The summed E-state index contributed by atoms with van der Waals surface area (Å²) < 4.78 is 5.18. The van der Waals surface area contributed by atoms with Gasteiger partial charge in [-0.3, -0.25) is 4.79 Å². The standard InChI is InChI=1S/C19H17Cl2N3O2S/c1-11-16(12(2)26-24-11)10-27-19-15(4-3-7-22-19)18(25)23-9-13-5-6-14(20)8-17(13)21/h3-8H,9-10H2,1-2H3,(H,23,25). The molecule has 0 aliphatic heterocycles. The zero-order valence-electron chi connectivity index (χ0n) is 14.8. The van der Waals surface area contributed by atoms with Crippen molar-refractivity contribution in [3.63, 3.8) is 0 Å². The number of nitrogens with zero attached hydrogens (tertiary/aromatic N) is 2. The third-order valence-corrected chi connectivity index (χ3v) is 5.62. The van der Waals surface area contributed by atoms with Gasteiger partial charge in [0.2, 0.25) is 0 Å². The molecule has 1 amide bonds. The number of hydrogen-bond acceptors (Lipinski definition) is 5. The van der Waals surface area contributed by atoms with Gasteiger partial charge in [0.15, 0.2) is 0 Å². The van der Waals surface area contributed by atoms with Gasteiger partial charge in [-0.05, 0) is 43.7 Å². The van der Waals surface area contributed by atoms with E-state index in [1.54, 1.807) is 36.5 Å². The van der Waals surface area contributed by atoms with Crippen LogP contribution in [0, 0.1) is 13.8 Å². The Morgan fingerprint density at radius 1 is 1.26 bits per heavy atom. The second-order valence-corrected chi connectivity index (χ2v) is 7.67. The van der Waals surface area contributed by atoms with E-state index in [1.807, 2.05) is 13.8 Å². The van der Waals surface area contributed by atoms with Gasteiger partial charge in [0, 0.05) is 34.1 Å². The average Bonchev–Trinajstić information content (AvgIpc) is 2.97. The SMILES string of the molecule is Cc1noc(C)c1CSc1ncccc1C(=O)NCc1ccc(Cl)cc1Cl. The molecule has 0 radical (unpaired) electrons. The molecule has 0 saturated heterocycles. The van der Waals surface area contributed by atoms with Crippen molar-refractivity contribution in [1.82, 2.24) is 15.5 Å². The number of halogens is 2. The highest BCUT2D eigenvalue weighted by Crippen LogP contribution is 2.27. The number of rotatable bonds is 6. The Hall–Kier alpha value is -2.02. The van der Waals surface area contributed by atoms with Crippen molar-refractivity contribution >= 4 is 40.9 Å². The third kappa shape index (κ3) is 4.83. The zero-order chi connectivity index (χ0) is 19.4. The van der Waals surface area contributed by atoms with Gasteiger partial charge in [-0.2, -0.15) is 0 Å². The lowest BCUT2D eigenvalue weighted by Crippen LogP contribution is -2.23. The Morgan fingerprint density at radius 2 is 2.07 bits per heavy atom. The van der Waals surface area contributed by atoms with Crippen LogP contribution in [-0.4, -0.2) is 16.0 Å². The van der Waals surface area contributed by atoms with Crippen LogP contribution in [0.2, 0.25) is 10.0 Å². The lowest BCUT2D eigenvalue weighted by molar-refractivity contribution is 0.0947. The number of aromatic nitrogens is 2. The number of pyridine rings is 1. The second kappa shape index (κ2) is 8.78. The summed E-state index contributed by atoms with van der Waals surface area (Å²) in [6.07, 6.45) is 1.67. The average molecular weight is 422 g/mol. The third-order valence-electron chi connectivity index (χ3n) is 4.00. The molecule has 1 N–H and O–H groups in total. The highest BCUT2D eigenvalue weighted by atomic mass is 35.5. The fraction of sp³-hybridized carbons (Fsp3) is 0.211. The summed E-state index contributed by atoms with van der Waals surface area (Å²) in [7, 11) is 0. The van der Waals surface area contributed by atoms with E-state index in [0.29, 0.717) is 32.9 Å². The summed E-state index contributed by atoms with van der Waals surface area (Å²) in [5.74, 6) is 1.19. The molecule has 0 bridgehead atoms. The fourth-order valence-electron chi connectivity index (χ4n) is 2.46. The van der Waals surface area contributed by atoms with E-state index in [-0.39, 0.29) is 5.91 Å². The first-order valence-electron chi connectivity index (χ1n) is 8.17. The largest absolute Gasteiger partial charge is 0.361 e. The minimum atomic E-state index is -0.213. The molecule has 8 heteroatoms. The minimum Gasteiger partial charge on any atom is -0.361 e. The van der Waals surface area contributed by atoms with Crippen LogP contribution in [0.5, 0.6) is 0 Å². The van der Waals surface area contributed by atoms with Gasteiger partial charge in [-0.15, -0.1) is 11.8 Å². The van der Waals surface area contributed by atoms with Gasteiger partial charge in [-0.1, -0.05) is 34.4 Å². The number of nitrogens with one attached hydrogen (secondary N) is 1. The van der Waals surface area contributed by atoms with E-state index in [1.165, 1.54) is 11.8 Å². The van der Waals surface area contributed by atoms with E-state index in [9.17, 15) is 4.79 Å². The fourth-order valence-corrected chi connectivity index (χ4v) is 4.08. The number of carbonyl (C=O) groups excluding carboxylic acids is 1. The van der Waals surface area contributed by atoms with Crippen LogP contribution >= 0.6 is 35.0 Å². The van der Waals surface area contributed by atoms with E-state index in [4.69, 9.17) is 27.7 Å². The summed E-state index contributed by atoms with van der Waals surface area (Å²) in [4.78, 5) is 17.0. The van der Waals surface area contributed by atoms with E-state index < -0.39 is 0 Å². The van der Waals surface area contributed by atoms with Crippen LogP contribution in [0.3, 0.4) is 0 Å². The Kier molecular flexibility index (Phi) is 6.42. The molecule has 5 nitrogen and oxygen atoms in total. The molecule has 3 aromatic rings. The van der Waals surface area contributed by atoms with Crippen molar-refractivity contribution in [3.8, 4) is 0 Å². The van der Waals surface area contributed by atoms with Crippen molar-refractivity contribution in [3.05, 3.63) is 74.7 Å². The number of carbonyl (C=O) groups is 1. The predicted octanol–water partition coefficient (Wildman–Crippen LogP) is 5.22. The molecule has 27 heavy (non-hydrogen) atoms. The summed E-state index contributed by atoms with van der Waals surface area (Å²) in [6, 6.07) is 8.68. The summed E-state index contributed by atoms with van der Waals surface area (Å²) in [5, 5.41) is 8.56. The molecule has 0 atom stereocenters. The number of benzene rings is 1. The van der Waals surface area contributed by atoms with Crippen molar-refractivity contribution in [2.24, 2.45) is 0 Å².